The molecule has 3 aromatic rings. The number of carbonyl (C=O) groups is 1. The molecule has 0 bridgehead atoms. The van der Waals surface area contributed by atoms with Gasteiger partial charge in [-0.2, -0.15) is 5.10 Å². The Labute approximate surface area is 139 Å². The second-order valence-electron chi connectivity index (χ2n) is 5.62. The lowest BCUT2D eigenvalue weighted by molar-refractivity contribution is -0.124. The summed E-state index contributed by atoms with van der Waals surface area (Å²) in [4.78, 5) is 16.5. The van der Waals surface area contributed by atoms with E-state index in [-0.39, 0.29) is 17.6 Å². The van der Waals surface area contributed by atoms with E-state index in [2.05, 4.69) is 15.5 Å². The molecule has 0 unspecified atom stereocenters. The highest BCUT2D eigenvalue weighted by molar-refractivity contribution is 5.83. The molecule has 1 atom stereocenters. The molecular formula is C18H18N4O2. The number of phenols is 1. The fourth-order valence-electron chi connectivity index (χ4n) is 2.42. The summed E-state index contributed by atoms with van der Waals surface area (Å²) in [5.74, 6) is -0.279. The molecule has 3 rings (SSSR count). The molecule has 0 aliphatic carbocycles. The molecule has 6 nitrogen and oxygen atoms in total. The average molecular weight is 322 g/mol. The minimum Gasteiger partial charge on any atom is -0.508 e. The molecule has 0 fully saturated rings. The largest absolute Gasteiger partial charge is 0.508 e. The normalized spacial score (nSPS) is 12.5. The zero-order chi connectivity index (χ0) is 16.9. The number of phenolic OH excluding ortho intramolecular Hbond substituents is 1. The van der Waals surface area contributed by atoms with Gasteiger partial charge in [-0.25, -0.2) is 10.4 Å². The van der Waals surface area contributed by atoms with E-state index in [1.807, 2.05) is 35.8 Å². The molecule has 2 N–H and O–H groups in total. The highest BCUT2D eigenvalue weighted by Gasteiger charge is 2.14. The summed E-state index contributed by atoms with van der Waals surface area (Å²) < 4.78 is 1.96. The van der Waals surface area contributed by atoms with Crippen LogP contribution in [0, 0.1) is 5.92 Å². The fourth-order valence-corrected chi connectivity index (χ4v) is 2.42. The molecule has 1 aromatic heterocycles. The zero-order valence-electron chi connectivity index (χ0n) is 13.3. The lowest BCUT2D eigenvalue weighted by atomic mass is 10.1. The van der Waals surface area contributed by atoms with E-state index < -0.39 is 0 Å². The molecule has 0 saturated heterocycles. The molecule has 0 aliphatic heterocycles. The molecule has 1 heterocycles. The number of hydrazone groups is 1. The van der Waals surface area contributed by atoms with Gasteiger partial charge in [-0.15, -0.1) is 0 Å². The summed E-state index contributed by atoms with van der Waals surface area (Å²) in [5.41, 5.74) is 5.15. The number of aromatic hydroxyl groups is 1. The molecule has 24 heavy (non-hydrogen) atoms. The van der Waals surface area contributed by atoms with Gasteiger partial charge in [0.15, 0.2) is 0 Å². The van der Waals surface area contributed by atoms with Gasteiger partial charge in [0.25, 0.3) is 0 Å². The minimum absolute atomic E-state index is 0.158. The van der Waals surface area contributed by atoms with E-state index >= 15 is 0 Å². The van der Waals surface area contributed by atoms with Crippen molar-refractivity contribution in [3.63, 3.8) is 0 Å². The van der Waals surface area contributed by atoms with Crippen molar-refractivity contribution in [3.8, 4) is 5.75 Å². The number of rotatable bonds is 5. The Morgan fingerprint density at radius 3 is 3.00 bits per heavy atom. The zero-order valence-corrected chi connectivity index (χ0v) is 13.3. The van der Waals surface area contributed by atoms with Crippen molar-refractivity contribution >= 4 is 23.2 Å². The lowest BCUT2D eigenvalue weighted by Crippen LogP contribution is -2.27. The standard InChI is InChI=1S/C18H18N4O2/c1-13(11-22-12-19-16-7-2-3-8-17(16)22)18(24)21-20-10-14-5-4-6-15(23)9-14/h2-10,12-13,23H,11H2,1H3,(H,21,24)/b20-10-/t13-/m1/s1. The van der Waals surface area contributed by atoms with Crippen LogP contribution in [-0.4, -0.2) is 26.8 Å². The number of nitrogens with one attached hydrogen (secondary N) is 1. The fraction of sp³-hybridized carbons (Fsp3) is 0.167. The van der Waals surface area contributed by atoms with Crippen molar-refractivity contribution in [1.82, 2.24) is 15.0 Å². The molecule has 0 aliphatic rings. The van der Waals surface area contributed by atoms with Crippen molar-refractivity contribution in [1.29, 1.82) is 0 Å². The van der Waals surface area contributed by atoms with Gasteiger partial charge in [-0.3, -0.25) is 4.79 Å². The predicted molar refractivity (Wildman–Crippen MR) is 92.7 cm³/mol. The summed E-state index contributed by atoms with van der Waals surface area (Å²) in [6, 6.07) is 14.5. The van der Waals surface area contributed by atoms with E-state index in [9.17, 15) is 9.90 Å². The Kier molecular flexibility index (Phi) is 4.56. The summed E-state index contributed by atoms with van der Waals surface area (Å²) in [7, 11) is 0. The van der Waals surface area contributed by atoms with Gasteiger partial charge in [-0.05, 0) is 29.8 Å². The molecule has 0 radical (unpaired) electrons. The maximum Gasteiger partial charge on any atom is 0.244 e. The van der Waals surface area contributed by atoms with Crippen LogP contribution in [-0.2, 0) is 11.3 Å². The quantitative estimate of drug-likeness (QED) is 0.559. The van der Waals surface area contributed by atoms with Crippen LogP contribution in [0.1, 0.15) is 12.5 Å². The van der Waals surface area contributed by atoms with Crippen molar-refractivity contribution in [3.05, 3.63) is 60.4 Å². The maximum absolute atomic E-state index is 12.2. The lowest BCUT2D eigenvalue weighted by Gasteiger charge is -2.11. The summed E-state index contributed by atoms with van der Waals surface area (Å²) >= 11 is 0. The number of amides is 1. The number of hydrogen-bond donors (Lipinski definition) is 2. The van der Waals surface area contributed by atoms with Crippen LogP contribution in [0.15, 0.2) is 60.0 Å². The second kappa shape index (κ2) is 6.95. The number of aromatic nitrogens is 2. The van der Waals surface area contributed by atoms with Crippen LogP contribution in [0.2, 0.25) is 0 Å². The Hall–Kier alpha value is -3.15. The second-order valence-corrected chi connectivity index (χ2v) is 5.62. The number of fused-ring (bicyclic) bond motifs is 1. The summed E-state index contributed by atoms with van der Waals surface area (Å²) in [6.07, 6.45) is 3.24. The topological polar surface area (TPSA) is 79.5 Å². The van der Waals surface area contributed by atoms with Gasteiger partial charge in [-0.1, -0.05) is 31.2 Å². The Morgan fingerprint density at radius 2 is 2.17 bits per heavy atom. The third kappa shape index (κ3) is 3.60. The van der Waals surface area contributed by atoms with Crippen LogP contribution in [0.4, 0.5) is 0 Å². The highest BCUT2D eigenvalue weighted by atomic mass is 16.3. The molecule has 6 heteroatoms. The van der Waals surface area contributed by atoms with Gasteiger partial charge >= 0.3 is 0 Å². The first-order chi connectivity index (χ1) is 11.6. The van der Waals surface area contributed by atoms with E-state index in [0.717, 1.165) is 11.0 Å². The van der Waals surface area contributed by atoms with Crippen LogP contribution in [0.25, 0.3) is 11.0 Å². The van der Waals surface area contributed by atoms with Crippen LogP contribution in [0.5, 0.6) is 5.75 Å². The van der Waals surface area contributed by atoms with E-state index in [1.165, 1.54) is 6.21 Å². The third-order valence-electron chi connectivity index (χ3n) is 3.70. The number of nitrogens with zero attached hydrogens (tertiary/aromatic N) is 3. The molecule has 0 saturated carbocycles. The smallest absolute Gasteiger partial charge is 0.244 e. The Balaban J connectivity index is 1.60. The number of hydrogen-bond acceptors (Lipinski definition) is 4. The van der Waals surface area contributed by atoms with Crippen LogP contribution >= 0.6 is 0 Å². The highest BCUT2D eigenvalue weighted by Crippen LogP contribution is 2.14. The van der Waals surface area contributed by atoms with Crippen molar-refractivity contribution < 1.29 is 9.90 Å². The van der Waals surface area contributed by atoms with Crippen molar-refractivity contribution in [2.24, 2.45) is 11.0 Å². The SMILES string of the molecule is C[C@H](Cn1cnc2ccccc21)C(=O)N/N=C\c1cccc(O)c1. The van der Waals surface area contributed by atoms with Gasteiger partial charge < -0.3 is 9.67 Å². The van der Waals surface area contributed by atoms with Crippen LogP contribution in [0.3, 0.4) is 0 Å². The first-order valence-electron chi connectivity index (χ1n) is 7.65. The van der Waals surface area contributed by atoms with Gasteiger partial charge in [0, 0.05) is 6.54 Å². The van der Waals surface area contributed by atoms with E-state index in [1.54, 1.807) is 30.6 Å². The van der Waals surface area contributed by atoms with Crippen LogP contribution < -0.4 is 5.43 Å². The maximum atomic E-state index is 12.2. The summed E-state index contributed by atoms with van der Waals surface area (Å²) in [5, 5.41) is 13.3. The van der Waals surface area contributed by atoms with Gasteiger partial charge in [0.1, 0.15) is 5.75 Å². The molecule has 122 valence electrons. The van der Waals surface area contributed by atoms with Gasteiger partial charge in [0.2, 0.25) is 5.91 Å². The van der Waals surface area contributed by atoms with Gasteiger partial charge in [0.05, 0.1) is 29.5 Å². The monoisotopic (exact) mass is 322 g/mol. The molecule has 0 spiro atoms. The number of benzene rings is 2. The molecule has 2 aromatic carbocycles. The average Bonchev–Trinajstić information content (AvgIpc) is 2.98. The minimum atomic E-state index is -0.260. The Bertz CT molecular complexity index is 885. The molecular weight excluding hydrogens is 304 g/mol. The van der Waals surface area contributed by atoms with Crippen molar-refractivity contribution in [2.45, 2.75) is 13.5 Å². The number of para-hydroxylation sites is 2. The number of carbonyl (C=O) groups excluding carboxylic acids is 1. The van der Waals surface area contributed by atoms with E-state index in [4.69, 9.17) is 0 Å². The third-order valence-corrected chi connectivity index (χ3v) is 3.70. The first kappa shape index (κ1) is 15.7. The summed E-state index contributed by atoms with van der Waals surface area (Å²) in [6.45, 7) is 2.36. The van der Waals surface area contributed by atoms with Crippen molar-refractivity contribution in [2.75, 3.05) is 0 Å². The number of imidazole rings is 1. The Morgan fingerprint density at radius 1 is 1.33 bits per heavy atom. The van der Waals surface area contributed by atoms with E-state index in [0.29, 0.717) is 12.1 Å². The molecule has 1 amide bonds. The first-order valence-corrected chi connectivity index (χ1v) is 7.65. The predicted octanol–water partition coefficient (Wildman–Crippen LogP) is 2.53.